The first kappa shape index (κ1) is 19.8. The molecule has 2 aromatic heterocycles. The fourth-order valence-electron chi connectivity index (χ4n) is 2.99. The van der Waals surface area contributed by atoms with Crippen molar-refractivity contribution in [2.24, 2.45) is 0 Å². The van der Waals surface area contributed by atoms with E-state index in [4.69, 9.17) is 11.6 Å². The SMILES string of the molecule is Cc1ccc(S(=O)(=O)CCc2nc3cc(-c4cccc(Cl)c4)sc3c(=O)[nH]2)cc1. The van der Waals surface area contributed by atoms with E-state index in [2.05, 4.69) is 9.97 Å². The van der Waals surface area contributed by atoms with Gasteiger partial charge in [0.15, 0.2) is 9.84 Å². The number of fused-ring (bicyclic) bond motifs is 1. The highest BCUT2D eigenvalue weighted by Gasteiger charge is 2.16. The number of aromatic amines is 1. The van der Waals surface area contributed by atoms with Gasteiger partial charge >= 0.3 is 0 Å². The Bertz CT molecular complexity index is 1360. The number of halogens is 1. The molecule has 148 valence electrons. The molecule has 0 saturated heterocycles. The molecule has 2 aromatic carbocycles. The smallest absolute Gasteiger partial charge is 0.268 e. The molecule has 0 aliphatic carbocycles. The van der Waals surface area contributed by atoms with Gasteiger partial charge in [0.05, 0.1) is 16.2 Å². The van der Waals surface area contributed by atoms with Crippen LogP contribution in [-0.4, -0.2) is 24.1 Å². The molecule has 8 heteroatoms. The molecule has 4 rings (SSSR count). The van der Waals surface area contributed by atoms with Gasteiger partial charge in [-0.1, -0.05) is 41.4 Å². The molecule has 0 aliphatic heterocycles. The molecular formula is C21H17ClN2O3S2. The molecule has 0 amide bonds. The van der Waals surface area contributed by atoms with Gasteiger partial charge in [-0.05, 0) is 42.8 Å². The lowest BCUT2D eigenvalue weighted by atomic mass is 10.2. The number of benzene rings is 2. The predicted octanol–water partition coefficient (Wildman–Crippen LogP) is 4.63. The summed E-state index contributed by atoms with van der Waals surface area (Å²) in [6, 6.07) is 15.9. The normalized spacial score (nSPS) is 11.8. The highest BCUT2D eigenvalue weighted by Crippen LogP contribution is 2.32. The number of thiophene rings is 1. The summed E-state index contributed by atoms with van der Waals surface area (Å²) in [7, 11) is -3.46. The van der Waals surface area contributed by atoms with Crippen molar-refractivity contribution < 1.29 is 8.42 Å². The van der Waals surface area contributed by atoms with Crippen LogP contribution in [0, 0.1) is 6.92 Å². The monoisotopic (exact) mass is 444 g/mol. The van der Waals surface area contributed by atoms with Crippen molar-refractivity contribution >= 4 is 43.0 Å². The summed E-state index contributed by atoms with van der Waals surface area (Å²) in [6.07, 6.45) is 0.129. The number of H-pyrrole nitrogens is 1. The van der Waals surface area contributed by atoms with Crippen molar-refractivity contribution in [3.8, 4) is 10.4 Å². The number of sulfone groups is 1. The summed E-state index contributed by atoms with van der Waals surface area (Å²) in [5.74, 6) is 0.226. The largest absolute Gasteiger partial charge is 0.309 e. The maximum absolute atomic E-state index is 12.6. The number of nitrogens with zero attached hydrogens (tertiary/aromatic N) is 1. The molecule has 0 aliphatic rings. The molecule has 4 aromatic rings. The maximum Gasteiger partial charge on any atom is 0.268 e. The van der Waals surface area contributed by atoms with Gasteiger partial charge in [-0.2, -0.15) is 0 Å². The first-order valence-electron chi connectivity index (χ1n) is 8.90. The molecule has 0 spiro atoms. The molecule has 0 unspecified atom stereocenters. The second-order valence-electron chi connectivity index (χ2n) is 6.73. The van der Waals surface area contributed by atoms with Crippen LogP contribution in [0.5, 0.6) is 0 Å². The lowest BCUT2D eigenvalue weighted by molar-refractivity contribution is 0.594. The van der Waals surface area contributed by atoms with Crippen LogP contribution in [0.25, 0.3) is 20.7 Å². The second kappa shape index (κ2) is 7.74. The number of aryl methyl sites for hydroxylation is 2. The van der Waals surface area contributed by atoms with Gasteiger partial charge in [0.25, 0.3) is 5.56 Å². The summed E-state index contributed by atoms with van der Waals surface area (Å²) < 4.78 is 25.6. The first-order valence-corrected chi connectivity index (χ1v) is 11.7. The van der Waals surface area contributed by atoms with Crippen LogP contribution in [0.1, 0.15) is 11.4 Å². The molecule has 1 N–H and O–H groups in total. The summed E-state index contributed by atoms with van der Waals surface area (Å²) in [4.78, 5) is 20.8. The van der Waals surface area contributed by atoms with Crippen molar-refractivity contribution in [2.75, 3.05) is 5.75 Å². The Labute approximate surface area is 176 Å². The fourth-order valence-corrected chi connectivity index (χ4v) is 5.41. The third-order valence-electron chi connectivity index (χ3n) is 4.53. The number of aromatic nitrogens is 2. The standard InChI is InChI=1S/C21H17ClN2O3S2/c1-13-5-7-16(8-6-13)29(26,27)10-9-19-23-17-12-18(28-20(17)21(25)24-19)14-3-2-4-15(22)11-14/h2-8,11-12H,9-10H2,1H3,(H,23,24,25). The number of nitrogens with one attached hydrogen (secondary N) is 1. The predicted molar refractivity (Wildman–Crippen MR) is 118 cm³/mol. The van der Waals surface area contributed by atoms with Crippen LogP contribution in [-0.2, 0) is 16.3 Å². The highest BCUT2D eigenvalue weighted by molar-refractivity contribution is 7.91. The Hall–Kier alpha value is -2.48. The van der Waals surface area contributed by atoms with E-state index < -0.39 is 9.84 Å². The van der Waals surface area contributed by atoms with Crippen LogP contribution in [0.4, 0.5) is 0 Å². The lowest BCUT2D eigenvalue weighted by Gasteiger charge is -2.05. The third-order valence-corrected chi connectivity index (χ3v) is 7.67. The molecule has 0 fully saturated rings. The Balaban J connectivity index is 1.62. The van der Waals surface area contributed by atoms with Crippen molar-refractivity contribution in [3.63, 3.8) is 0 Å². The van der Waals surface area contributed by atoms with E-state index in [1.807, 2.05) is 31.2 Å². The van der Waals surface area contributed by atoms with Crippen LogP contribution in [0.3, 0.4) is 0 Å². The van der Waals surface area contributed by atoms with E-state index in [-0.39, 0.29) is 22.6 Å². The maximum atomic E-state index is 12.6. The van der Waals surface area contributed by atoms with Gasteiger partial charge in [0.1, 0.15) is 10.5 Å². The van der Waals surface area contributed by atoms with E-state index in [0.717, 1.165) is 16.0 Å². The zero-order valence-corrected chi connectivity index (χ0v) is 17.9. The molecule has 29 heavy (non-hydrogen) atoms. The van der Waals surface area contributed by atoms with E-state index >= 15 is 0 Å². The van der Waals surface area contributed by atoms with Gasteiger partial charge in [0, 0.05) is 16.3 Å². The summed E-state index contributed by atoms with van der Waals surface area (Å²) in [6.45, 7) is 1.90. The van der Waals surface area contributed by atoms with Crippen molar-refractivity contribution in [2.45, 2.75) is 18.2 Å². The van der Waals surface area contributed by atoms with Crippen molar-refractivity contribution in [1.82, 2.24) is 9.97 Å². The quantitative estimate of drug-likeness (QED) is 0.486. The summed E-state index contributed by atoms with van der Waals surface area (Å²) in [5, 5.41) is 0.615. The molecule has 0 radical (unpaired) electrons. The zero-order chi connectivity index (χ0) is 20.6. The minimum Gasteiger partial charge on any atom is -0.309 e. The van der Waals surface area contributed by atoms with E-state index in [1.165, 1.54) is 11.3 Å². The van der Waals surface area contributed by atoms with E-state index in [1.54, 1.807) is 30.3 Å². The Kier molecular flexibility index (Phi) is 5.29. The average Bonchev–Trinajstić information content (AvgIpc) is 3.12. The number of hydrogen-bond donors (Lipinski definition) is 1. The zero-order valence-electron chi connectivity index (χ0n) is 15.5. The fraction of sp³-hybridized carbons (Fsp3) is 0.143. The van der Waals surface area contributed by atoms with Crippen LogP contribution >= 0.6 is 22.9 Å². The minimum absolute atomic E-state index is 0.129. The lowest BCUT2D eigenvalue weighted by Crippen LogP contribution is -2.15. The minimum atomic E-state index is -3.46. The number of rotatable bonds is 5. The molecular weight excluding hydrogens is 428 g/mol. The van der Waals surface area contributed by atoms with Crippen LogP contribution < -0.4 is 5.56 Å². The van der Waals surface area contributed by atoms with Crippen LogP contribution in [0.2, 0.25) is 5.02 Å². The molecule has 5 nitrogen and oxygen atoms in total. The molecule has 0 saturated carbocycles. The Morgan fingerprint density at radius 2 is 1.86 bits per heavy atom. The Morgan fingerprint density at radius 3 is 2.59 bits per heavy atom. The molecule has 0 atom stereocenters. The van der Waals surface area contributed by atoms with Gasteiger partial charge in [-0.15, -0.1) is 11.3 Å². The topological polar surface area (TPSA) is 79.9 Å². The van der Waals surface area contributed by atoms with Gasteiger partial charge in [-0.25, -0.2) is 13.4 Å². The van der Waals surface area contributed by atoms with E-state index in [0.29, 0.717) is 21.1 Å². The van der Waals surface area contributed by atoms with Crippen molar-refractivity contribution in [3.05, 3.63) is 81.4 Å². The second-order valence-corrected chi connectivity index (χ2v) is 10.3. The van der Waals surface area contributed by atoms with Gasteiger partial charge in [0.2, 0.25) is 0 Å². The highest BCUT2D eigenvalue weighted by atomic mass is 35.5. The van der Waals surface area contributed by atoms with Crippen molar-refractivity contribution in [1.29, 1.82) is 0 Å². The van der Waals surface area contributed by atoms with E-state index in [9.17, 15) is 13.2 Å². The molecule has 2 heterocycles. The molecule has 0 bridgehead atoms. The third kappa shape index (κ3) is 4.27. The first-order chi connectivity index (χ1) is 13.8. The average molecular weight is 445 g/mol. The van der Waals surface area contributed by atoms with Gasteiger partial charge in [-0.3, -0.25) is 4.79 Å². The van der Waals surface area contributed by atoms with Gasteiger partial charge < -0.3 is 4.98 Å². The summed E-state index contributed by atoms with van der Waals surface area (Å²) >= 11 is 7.39. The van der Waals surface area contributed by atoms with Crippen LogP contribution in [0.15, 0.2) is 64.3 Å². The Morgan fingerprint density at radius 1 is 1.10 bits per heavy atom. The summed E-state index contributed by atoms with van der Waals surface area (Å²) in [5.41, 5.74) is 2.18. The number of hydrogen-bond acceptors (Lipinski definition) is 5.